The van der Waals surface area contributed by atoms with Crippen LogP contribution in [0.4, 0.5) is 0 Å². The first-order valence-corrected chi connectivity index (χ1v) is 6.89. The number of nitrogens with one attached hydrogen (secondary N) is 1. The van der Waals surface area contributed by atoms with Gasteiger partial charge in [-0.1, -0.05) is 43.5 Å². The standard InChI is InChI=1S/C16H17NO2/c18-15-10-14(17-9-8-11-4-3-5-11)16(19)13-7-2-1-6-12(13)15/h1-2,6-7,10-11,17H,3-5,8-9H2. The van der Waals surface area contributed by atoms with E-state index < -0.39 is 0 Å². The number of carbonyl (C=O) groups excluding carboxylic acids is 2. The minimum absolute atomic E-state index is 0.0659. The van der Waals surface area contributed by atoms with E-state index in [2.05, 4.69) is 5.32 Å². The van der Waals surface area contributed by atoms with Gasteiger partial charge in [-0.2, -0.15) is 0 Å². The van der Waals surface area contributed by atoms with Crippen molar-refractivity contribution >= 4 is 11.6 Å². The Morgan fingerprint density at radius 2 is 1.84 bits per heavy atom. The maximum atomic E-state index is 12.2. The number of ketones is 2. The Kier molecular flexibility index (Phi) is 3.20. The summed E-state index contributed by atoms with van der Waals surface area (Å²) < 4.78 is 0. The van der Waals surface area contributed by atoms with Gasteiger partial charge < -0.3 is 5.32 Å². The molecule has 2 aliphatic rings. The second-order valence-electron chi connectivity index (χ2n) is 5.31. The first kappa shape index (κ1) is 12.2. The van der Waals surface area contributed by atoms with E-state index in [1.807, 2.05) is 0 Å². The molecule has 0 aromatic heterocycles. The molecular weight excluding hydrogens is 238 g/mol. The molecule has 3 rings (SSSR count). The highest BCUT2D eigenvalue weighted by Gasteiger charge is 2.25. The van der Waals surface area contributed by atoms with E-state index in [4.69, 9.17) is 0 Å². The lowest BCUT2D eigenvalue weighted by Crippen LogP contribution is -2.29. The Morgan fingerprint density at radius 1 is 1.11 bits per heavy atom. The summed E-state index contributed by atoms with van der Waals surface area (Å²) in [6, 6.07) is 7.00. The number of benzene rings is 1. The van der Waals surface area contributed by atoms with E-state index in [9.17, 15) is 9.59 Å². The van der Waals surface area contributed by atoms with Crippen LogP contribution in [-0.4, -0.2) is 18.1 Å². The Labute approximate surface area is 112 Å². The van der Waals surface area contributed by atoms with Crippen LogP contribution in [0.25, 0.3) is 0 Å². The molecule has 1 N–H and O–H groups in total. The van der Waals surface area contributed by atoms with Crippen LogP contribution in [0.2, 0.25) is 0 Å². The summed E-state index contributed by atoms with van der Waals surface area (Å²) in [6.07, 6.45) is 6.46. The van der Waals surface area contributed by atoms with Crippen molar-refractivity contribution in [2.24, 2.45) is 5.92 Å². The number of hydrogen-bond acceptors (Lipinski definition) is 3. The summed E-state index contributed by atoms with van der Waals surface area (Å²) in [4.78, 5) is 24.2. The fourth-order valence-electron chi connectivity index (χ4n) is 2.64. The Bertz CT molecular complexity index is 556. The quantitative estimate of drug-likeness (QED) is 0.899. The van der Waals surface area contributed by atoms with Crippen LogP contribution in [0.1, 0.15) is 46.4 Å². The van der Waals surface area contributed by atoms with Crippen molar-refractivity contribution in [1.29, 1.82) is 0 Å². The van der Waals surface area contributed by atoms with Crippen molar-refractivity contribution in [3.05, 3.63) is 47.2 Å². The predicted molar refractivity (Wildman–Crippen MR) is 73.1 cm³/mol. The van der Waals surface area contributed by atoms with Gasteiger partial charge in [-0.3, -0.25) is 9.59 Å². The van der Waals surface area contributed by atoms with Gasteiger partial charge in [0.2, 0.25) is 5.78 Å². The fraction of sp³-hybridized carbons (Fsp3) is 0.375. The lowest BCUT2D eigenvalue weighted by Gasteiger charge is -2.25. The monoisotopic (exact) mass is 255 g/mol. The van der Waals surface area contributed by atoms with Crippen LogP contribution >= 0.6 is 0 Å². The SMILES string of the molecule is O=C1C=C(NCCC2CCC2)C(=O)c2ccccc21. The molecule has 19 heavy (non-hydrogen) atoms. The van der Waals surface area contributed by atoms with E-state index in [1.165, 1.54) is 25.3 Å². The third kappa shape index (κ3) is 2.33. The molecule has 0 heterocycles. The molecule has 0 atom stereocenters. The van der Waals surface area contributed by atoms with E-state index in [-0.39, 0.29) is 11.6 Å². The lowest BCUT2D eigenvalue weighted by atomic mass is 9.83. The fourth-order valence-corrected chi connectivity index (χ4v) is 2.64. The molecule has 0 spiro atoms. The van der Waals surface area contributed by atoms with Gasteiger partial charge in [0.05, 0.1) is 5.70 Å². The molecule has 0 aliphatic heterocycles. The summed E-state index contributed by atoms with van der Waals surface area (Å²) in [5.74, 6) is 0.653. The van der Waals surface area contributed by atoms with Crippen LogP contribution in [0.3, 0.4) is 0 Å². The minimum Gasteiger partial charge on any atom is -0.382 e. The maximum absolute atomic E-state index is 12.2. The molecule has 3 heteroatoms. The molecule has 1 aromatic rings. The average molecular weight is 255 g/mol. The van der Waals surface area contributed by atoms with Crippen molar-refractivity contribution in [3.8, 4) is 0 Å². The molecule has 2 aliphatic carbocycles. The van der Waals surface area contributed by atoms with Crippen LogP contribution in [0.15, 0.2) is 36.0 Å². The normalized spacial score (nSPS) is 18.6. The lowest BCUT2D eigenvalue weighted by molar-refractivity contribution is 0.0977. The first-order chi connectivity index (χ1) is 9.25. The summed E-state index contributed by atoms with van der Waals surface area (Å²) in [7, 11) is 0. The average Bonchev–Trinajstić information content (AvgIpc) is 2.38. The number of hydrogen-bond donors (Lipinski definition) is 1. The zero-order valence-corrected chi connectivity index (χ0v) is 10.8. The molecule has 0 bridgehead atoms. The zero-order valence-electron chi connectivity index (χ0n) is 10.8. The summed E-state index contributed by atoms with van der Waals surface area (Å²) in [5, 5.41) is 3.13. The molecular formula is C16H17NO2. The number of rotatable bonds is 4. The summed E-state index contributed by atoms with van der Waals surface area (Å²) in [5.41, 5.74) is 1.47. The van der Waals surface area contributed by atoms with E-state index in [1.54, 1.807) is 24.3 Å². The third-order valence-electron chi connectivity index (χ3n) is 4.05. The van der Waals surface area contributed by atoms with Crippen molar-refractivity contribution < 1.29 is 9.59 Å². The molecule has 0 saturated heterocycles. The van der Waals surface area contributed by atoms with Crippen LogP contribution in [0, 0.1) is 5.92 Å². The number of allylic oxidation sites excluding steroid dienone is 2. The summed E-state index contributed by atoms with van der Waals surface area (Å²) >= 11 is 0. The topological polar surface area (TPSA) is 46.2 Å². The first-order valence-electron chi connectivity index (χ1n) is 6.89. The minimum atomic E-state index is -0.0821. The summed E-state index contributed by atoms with van der Waals surface area (Å²) in [6.45, 7) is 0.775. The second kappa shape index (κ2) is 5.00. The van der Waals surface area contributed by atoms with Crippen LogP contribution < -0.4 is 5.32 Å². The second-order valence-corrected chi connectivity index (χ2v) is 5.31. The molecule has 0 amide bonds. The van der Waals surface area contributed by atoms with Crippen molar-refractivity contribution in [2.45, 2.75) is 25.7 Å². The van der Waals surface area contributed by atoms with Gasteiger partial charge >= 0.3 is 0 Å². The van der Waals surface area contributed by atoms with Gasteiger partial charge in [0.1, 0.15) is 0 Å². The van der Waals surface area contributed by atoms with E-state index >= 15 is 0 Å². The Morgan fingerprint density at radius 3 is 2.53 bits per heavy atom. The highest BCUT2D eigenvalue weighted by Crippen LogP contribution is 2.29. The molecule has 3 nitrogen and oxygen atoms in total. The third-order valence-corrected chi connectivity index (χ3v) is 4.05. The van der Waals surface area contributed by atoms with Crippen molar-refractivity contribution in [1.82, 2.24) is 5.32 Å². The molecule has 0 radical (unpaired) electrons. The van der Waals surface area contributed by atoms with Crippen LogP contribution in [0.5, 0.6) is 0 Å². The highest BCUT2D eigenvalue weighted by atomic mass is 16.1. The molecule has 1 fully saturated rings. The van der Waals surface area contributed by atoms with Gasteiger partial charge in [-0.15, -0.1) is 0 Å². The number of carbonyl (C=O) groups is 2. The maximum Gasteiger partial charge on any atom is 0.209 e. The van der Waals surface area contributed by atoms with Crippen molar-refractivity contribution in [2.75, 3.05) is 6.54 Å². The van der Waals surface area contributed by atoms with Gasteiger partial charge in [0.25, 0.3) is 0 Å². The largest absolute Gasteiger partial charge is 0.382 e. The molecule has 0 unspecified atom stereocenters. The smallest absolute Gasteiger partial charge is 0.209 e. The van der Waals surface area contributed by atoms with Crippen molar-refractivity contribution in [3.63, 3.8) is 0 Å². The van der Waals surface area contributed by atoms with Gasteiger partial charge in [0, 0.05) is 23.7 Å². The van der Waals surface area contributed by atoms with E-state index in [0.29, 0.717) is 16.8 Å². The van der Waals surface area contributed by atoms with Gasteiger partial charge in [-0.05, 0) is 12.3 Å². The van der Waals surface area contributed by atoms with Crippen LogP contribution in [-0.2, 0) is 0 Å². The molecule has 1 aromatic carbocycles. The molecule has 1 saturated carbocycles. The Balaban J connectivity index is 1.69. The predicted octanol–water partition coefficient (Wildman–Crippen LogP) is 2.73. The van der Waals surface area contributed by atoms with Gasteiger partial charge in [0.15, 0.2) is 5.78 Å². The highest BCUT2D eigenvalue weighted by molar-refractivity contribution is 6.24. The molecule has 98 valence electrons. The number of fused-ring (bicyclic) bond motifs is 1. The number of Topliss-reactive ketones (excluding diaryl/α,β-unsaturated/α-hetero) is 1. The van der Waals surface area contributed by atoms with E-state index in [0.717, 1.165) is 18.9 Å². The Hall–Kier alpha value is -1.90. The van der Waals surface area contributed by atoms with Gasteiger partial charge in [-0.25, -0.2) is 0 Å². The zero-order chi connectivity index (χ0) is 13.2.